The Morgan fingerprint density at radius 1 is 0.855 bits per heavy atom. The van der Waals surface area contributed by atoms with Crippen molar-refractivity contribution in [3.63, 3.8) is 0 Å². The Morgan fingerprint density at radius 3 is 2.40 bits per heavy atom. The summed E-state index contributed by atoms with van der Waals surface area (Å²) < 4.78 is 7.92. The van der Waals surface area contributed by atoms with Gasteiger partial charge in [-0.15, -0.1) is 10.2 Å². The largest absolute Gasteiger partial charge is 0.378 e. The summed E-state index contributed by atoms with van der Waals surface area (Å²) in [6, 6.07) is 38.3. The maximum absolute atomic E-state index is 14.0. The van der Waals surface area contributed by atoms with Gasteiger partial charge in [0.2, 0.25) is 5.91 Å². The first-order valence-electron chi connectivity index (χ1n) is 18.8. The fourth-order valence-corrected chi connectivity index (χ4v) is 8.25. The Kier molecular flexibility index (Phi) is 11.1. The Bertz CT molecular complexity index is 2230. The molecule has 2 atom stereocenters. The molecule has 0 aliphatic carbocycles. The lowest BCUT2D eigenvalue weighted by molar-refractivity contribution is -0.113. The molecule has 11 heteroatoms. The molecule has 1 N–H and O–H groups in total. The van der Waals surface area contributed by atoms with Gasteiger partial charge < -0.3 is 15.0 Å². The zero-order chi connectivity index (χ0) is 37.6. The summed E-state index contributed by atoms with van der Waals surface area (Å²) in [5.74, 6) is 0.761. The lowest BCUT2D eigenvalue weighted by Gasteiger charge is -2.37. The molecule has 1 saturated heterocycles. The monoisotopic (exact) mass is 749 g/mol. The first-order valence-corrected chi connectivity index (χ1v) is 19.8. The number of anilines is 2. The van der Waals surface area contributed by atoms with E-state index in [-0.39, 0.29) is 29.5 Å². The molecule has 55 heavy (non-hydrogen) atoms. The number of benzene rings is 4. The molecular formula is C44H43N7O3S. The molecule has 2 amide bonds. The molecule has 0 saturated carbocycles. The minimum atomic E-state index is -0.185. The van der Waals surface area contributed by atoms with E-state index in [9.17, 15) is 9.59 Å². The second-order valence-corrected chi connectivity index (χ2v) is 14.8. The number of thioether (sulfide) groups is 1. The van der Waals surface area contributed by atoms with Crippen molar-refractivity contribution in [3.8, 4) is 17.1 Å². The van der Waals surface area contributed by atoms with Gasteiger partial charge in [0, 0.05) is 72.2 Å². The van der Waals surface area contributed by atoms with Crippen LogP contribution in [0.4, 0.5) is 11.4 Å². The average molecular weight is 750 g/mol. The van der Waals surface area contributed by atoms with Crippen LogP contribution in [0.2, 0.25) is 0 Å². The number of morpholine rings is 1. The predicted molar refractivity (Wildman–Crippen MR) is 217 cm³/mol. The highest BCUT2D eigenvalue weighted by Gasteiger charge is 2.36. The molecule has 4 heterocycles. The van der Waals surface area contributed by atoms with Crippen molar-refractivity contribution in [2.75, 3.05) is 42.3 Å². The zero-order valence-electron chi connectivity index (χ0n) is 30.8. The van der Waals surface area contributed by atoms with Gasteiger partial charge in [-0.1, -0.05) is 79.3 Å². The molecule has 2 aliphatic heterocycles. The molecule has 6 aromatic rings. The van der Waals surface area contributed by atoms with Crippen molar-refractivity contribution in [2.24, 2.45) is 0 Å². The third kappa shape index (κ3) is 8.24. The normalized spacial score (nSPS) is 16.9. The lowest BCUT2D eigenvalue weighted by Crippen LogP contribution is -2.45. The highest BCUT2D eigenvalue weighted by Crippen LogP contribution is 2.40. The Hall–Kier alpha value is -5.62. The first kappa shape index (κ1) is 36.4. The van der Waals surface area contributed by atoms with E-state index >= 15 is 0 Å². The second kappa shape index (κ2) is 16.8. The molecule has 10 nitrogen and oxygen atoms in total. The minimum absolute atomic E-state index is 0.0549. The summed E-state index contributed by atoms with van der Waals surface area (Å²) in [7, 11) is 0. The van der Waals surface area contributed by atoms with E-state index in [1.54, 1.807) is 36.7 Å². The van der Waals surface area contributed by atoms with Crippen LogP contribution in [0.25, 0.3) is 17.1 Å². The second-order valence-electron chi connectivity index (χ2n) is 13.9. The van der Waals surface area contributed by atoms with Gasteiger partial charge in [-0.05, 0) is 84.1 Å². The molecule has 2 unspecified atom stereocenters. The van der Waals surface area contributed by atoms with Crippen LogP contribution >= 0.6 is 11.8 Å². The van der Waals surface area contributed by atoms with E-state index in [1.165, 1.54) is 28.5 Å². The van der Waals surface area contributed by atoms with Crippen molar-refractivity contribution in [2.45, 2.75) is 43.4 Å². The molecule has 2 aromatic heterocycles. The molecule has 8 rings (SSSR count). The summed E-state index contributed by atoms with van der Waals surface area (Å²) in [6.45, 7) is 5.93. The number of pyridine rings is 1. The highest BCUT2D eigenvalue weighted by atomic mass is 32.2. The van der Waals surface area contributed by atoms with Crippen molar-refractivity contribution < 1.29 is 14.3 Å². The fraction of sp³-hybridized carbons (Fsp3) is 0.250. The van der Waals surface area contributed by atoms with Crippen LogP contribution in [-0.4, -0.2) is 74.6 Å². The number of carbonyl (C=O) groups excluding carboxylic acids is 2. The molecule has 0 radical (unpaired) electrons. The average Bonchev–Trinajstić information content (AvgIpc) is 3.83. The van der Waals surface area contributed by atoms with Gasteiger partial charge >= 0.3 is 0 Å². The number of nitrogens with one attached hydrogen (secondary N) is 1. The van der Waals surface area contributed by atoms with E-state index < -0.39 is 0 Å². The summed E-state index contributed by atoms with van der Waals surface area (Å²) >= 11 is 1.32. The number of para-hydroxylation sites is 1. The number of aromatic nitrogens is 4. The number of amides is 2. The number of ether oxygens (including phenoxy) is 1. The standard InChI is InChI=1S/C44H43N7O3S/c1-2-31-12-18-37(19-13-31)51-42(33-20-22-45-23-21-33)47-48-44(51)55-30-41(52)46-36-16-14-34(15-17-36)43(53)50-28-35(39-10-6-7-11-40(39)50)26-38-29-54-25-24-49(38)27-32-8-4-3-5-9-32/h3-23,35,38H,2,24-30H2,1H3,(H,46,52). The third-order valence-corrected chi connectivity index (χ3v) is 11.3. The number of aryl methyl sites for hydroxylation is 1. The van der Waals surface area contributed by atoms with Crippen LogP contribution in [0.5, 0.6) is 0 Å². The highest BCUT2D eigenvalue weighted by molar-refractivity contribution is 7.99. The maximum Gasteiger partial charge on any atom is 0.258 e. The van der Waals surface area contributed by atoms with Crippen LogP contribution in [0, 0.1) is 0 Å². The fourth-order valence-electron chi connectivity index (χ4n) is 7.49. The lowest BCUT2D eigenvalue weighted by atomic mass is 9.93. The molecule has 4 aromatic carbocycles. The van der Waals surface area contributed by atoms with Crippen LogP contribution in [-0.2, 0) is 22.5 Å². The molecule has 1 fully saturated rings. The van der Waals surface area contributed by atoms with E-state index in [0.29, 0.717) is 35.4 Å². The van der Waals surface area contributed by atoms with E-state index in [2.05, 4.69) is 86.9 Å². The molecule has 0 bridgehead atoms. The molecule has 0 spiro atoms. The van der Waals surface area contributed by atoms with Gasteiger partial charge in [0.05, 0.1) is 19.0 Å². The summed E-state index contributed by atoms with van der Waals surface area (Å²) in [4.78, 5) is 35.8. The summed E-state index contributed by atoms with van der Waals surface area (Å²) in [5, 5.41) is 12.5. The van der Waals surface area contributed by atoms with Crippen LogP contribution in [0.15, 0.2) is 133 Å². The van der Waals surface area contributed by atoms with Gasteiger partial charge in [0.25, 0.3) is 5.91 Å². The SMILES string of the molecule is CCc1ccc(-n2c(SCC(=O)Nc3ccc(C(=O)N4CC(CC5COCCN5Cc5ccccc5)c5ccccc54)cc3)nnc2-c2ccncc2)cc1. The van der Waals surface area contributed by atoms with E-state index in [4.69, 9.17) is 4.74 Å². The maximum atomic E-state index is 14.0. The van der Waals surface area contributed by atoms with Gasteiger partial charge in [-0.2, -0.15) is 0 Å². The number of hydrogen-bond donors (Lipinski definition) is 1. The van der Waals surface area contributed by atoms with Crippen molar-refractivity contribution in [1.29, 1.82) is 0 Å². The predicted octanol–water partition coefficient (Wildman–Crippen LogP) is 7.66. The quantitative estimate of drug-likeness (QED) is 0.127. The van der Waals surface area contributed by atoms with E-state index in [0.717, 1.165) is 49.5 Å². The summed E-state index contributed by atoms with van der Waals surface area (Å²) in [6.07, 6.45) is 5.30. The van der Waals surface area contributed by atoms with Crippen LogP contribution in [0.3, 0.4) is 0 Å². The van der Waals surface area contributed by atoms with Crippen LogP contribution < -0.4 is 10.2 Å². The number of fused-ring (bicyclic) bond motifs is 1. The molecular weight excluding hydrogens is 707 g/mol. The first-order chi connectivity index (χ1) is 27.0. The third-order valence-electron chi connectivity index (χ3n) is 10.4. The van der Waals surface area contributed by atoms with Crippen molar-refractivity contribution in [3.05, 3.63) is 150 Å². The Morgan fingerprint density at radius 2 is 1.62 bits per heavy atom. The van der Waals surface area contributed by atoms with Gasteiger partial charge in [0.15, 0.2) is 11.0 Å². The smallest absolute Gasteiger partial charge is 0.258 e. The topological polar surface area (TPSA) is 105 Å². The molecule has 278 valence electrons. The zero-order valence-corrected chi connectivity index (χ0v) is 31.6. The number of rotatable bonds is 12. The molecule has 2 aliphatic rings. The Balaban J connectivity index is 0.914. The van der Waals surface area contributed by atoms with E-state index in [1.807, 2.05) is 45.9 Å². The van der Waals surface area contributed by atoms with Gasteiger partial charge in [-0.3, -0.25) is 24.0 Å². The minimum Gasteiger partial charge on any atom is -0.378 e. The van der Waals surface area contributed by atoms with Gasteiger partial charge in [0.1, 0.15) is 0 Å². The number of hydrogen-bond acceptors (Lipinski definition) is 8. The number of carbonyl (C=O) groups is 2. The number of nitrogens with zero attached hydrogens (tertiary/aromatic N) is 6. The Labute approximate surface area is 325 Å². The van der Waals surface area contributed by atoms with Crippen molar-refractivity contribution in [1.82, 2.24) is 24.6 Å². The summed E-state index contributed by atoms with van der Waals surface area (Å²) in [5.41, 5.74) is 7.66. The van der Waals surface area contributed by atoms with Crippen molar-refractivity contribution >= 4 is 35.0 Å². The van der Waals surface area contributed by atoms with Gasteiger partial charge in [-0.25, -0.2) is 0 Å². The van der Waals surface area contributed by atoms with Crippen LogP contribution in [0.1, 0.15) is 46.3 Å².